The highest BCUT2D eigenvalue weighted by atomic mass is 16.7. The van der Waals surface area contributed by atoms with E-state index in [1.165, 1.54) is 0 Å². The van der Waals surface area contributed by atoms with Crippen molar-refractivity contribution in [2.45, 2.75) is 104 Å². The SMILES string of the molecule is C=Cc1cc(C(O)NCc2c(C)cc(C)[nH]c2=O)c(C)c2c1OC(C)([C@H]1CC[C@H](NC(=O)OC(C)(C)C)CC1)O2. The molecule has 9 nitrogen and oxygen atoms in total. The van der Waals surface area contributed by atoms with Gasteiger partial charge in [0.25, 0.3) is 11.3 Å². The molecular weight excluding hydrogens is 510 g/mol. The fourth-order valence-corrected chi connectivity index (χ4v) is 5.68. The van der Waals surface area contributed by atoms with Crippen LogP contribution in [0.3, 0.4) is 0 Å². The van der Waals surface area contributed by atoms with Gasteiger partial charge in [-0.1, -0.05) is 12.7 Å². The van der Waals surface area contributed by atoms with Crippen LogP contribution >= 0.6 is 0 Å². The number of fused-ring (bicyclic) bond motifs is 1. The molecular formula is C31H43N3O6. The lowest BCUT2D eigenvalue weighted by Crippen LogP contribution is -2.48. The lowest BCUT2D eigenvalue weighted by Gasteiger charge is -2.37. The summed E-state index contributed by atoms with van der Waals surface area (Å²) in [6.45, 7) is 17.3. The molecule has 0 radical (unpaired) electrons. The Hall–Kier alpha value is -3.30. The monoisotopic (exact) mass is 553 g/mol. The van der Waals surface area contributed by atoms with Gasteiger partial charge in [-0.05, 0) is 84.9 Å². The van der Waals surface area contributed by atoms with Gasteiger partial charge in [-0.15, -0.1) is 0 Å². The zero-order valence-corrected chi connectivity index (χ0v) is 24.7. The molecule has 218 valence electrons. The maximum Gasteiger partial charge on any atom is 0.407 e. The van der Waals surface area contributed by atoms with Crippen LogP contribution in [0.15, 0.2) is 23.5 Å². The number of aryl methyl sites for hydroxylation is 2. The Morgan fingerprint density at radius 3 is 2.45 bits per heavy atom. The highest BCUT2D eigenvalue weighted by Gasteiger charge is 2.47. The van der Waals surface area contributed by atoms with Crippen LogP contribution in [0.1, 0.15) is 93.1 Å². The van der Waals surface area contributed by atoms with Crippen LogP contribution in [0.25, 0.3) is 6.08 Å². The molecule has 1 aromatic carbocycles. The highest BCUT2D eigenvalue weighted by Crippen LogP contribution is 2.51. The zero-order valence-electron chi connectivity index (χ0n) is 24.7. The largest absolute Gasteiger partial charge is 0.448 e. The van der Waals surface area contributed by atoms with Gasteiger partial charge in [0.2, 0.25) is 0 Å². The summed E-state index contributed by atoms with van der Waals surface area (Å²) in [7, 11) is 0. The molecule has 2 aromatic rings. The van der Waals surface area contributed by atoms with Crippen molar-refractivity contribution in [3.63, 3.8) is 0 Å². The summed E-state index contributed by atoms with van der Waals surface area (Å²) in [6, 6.07) is 3.80. The average Bonchev–Trinajstić information content (AvgIpc) is 3.22. The van der Waals surface area contributed by atoms with Crippen LogP contribution in [0.2, 0.25) is 0 Å². The standard InChI is InChI=1S/C31H43N3O6/c1-9-20-15-23(27(35)32-16-24-17(2)14-18(3)33-28(24)36)19(4)25-26(20)39-31(8,38-25)21-10-12-22(13-11-21)34-29(37)40-30(5,6)7/h9,14-15,21-22,27,32,35H,1,10-13,16H2,2-8H3,(H,33,36)(H,34,37)/t21-,22-,27?,31?. The second-order valence-electron chi connectivity index (χ2n) is 12.2. The molecule has 9 heteroatoms. The van der Waals surface area contributed by atoms with Gasteiger partial charge in [0.15, 0.2) is 11.5 Å². The van der Waals surface area contributed by atoms with Gasteiger partial charge in [0, 0.05) is 53.4 Å². The van der Waals surface area contributed by atoms with E-state index in [1.807, 2.05) is 60.6 Å². The van der Waals surface area contributed by atoms with Crippen LogP contribution in [0, 0.1) is 26.7 Å². The summed E-state index contributed by atoms with van der Waals surface area (Å²) >= 11 is 0. The van der Waals surface area contributed by atoms with E-state index in [1.54, 1.807) is 6.08 Å². The Labute approximate surface area is 236 Å². The molecule has 1 aliphatic carbocycles. The molecule has 4 rings (SSSR count). The van der Waals surface area contributed by atoms with E-state index in [0.29, 0.717) is 22.6 Å². The lowest BCUT2D eigenvalue weighted by atomic mass is 9.81. The van der Waals surface area contributed by atoms with Crippen molar-refractivity contribution >= 4 is 12.2 Å². The Morgan fingerprint density at radius 1 is 1.20 bits per heavy atom. The third-order valence-corrected chi connectivity index (χ3v) is 7.83. The molecule has 0 spiro atoms. The Kier molecular flexibility index (Phi) is 8.38. The number of amides is 1. The summed E-state index contributed by atoms with van der Waals surface area (Å²) in [6.07, 6.45) is 3.48. The van der Waals surface area contributed by atoms with Crippen LogP contribution in [0.5, 0.6) is 11.5 Å². The third-order valence-electron chi connectivity index (χ3n) is 7.83. The molecule has 4 N–H and O–H groups in total. The smallest absolute Gasteiger partial charge is 0.407 e. The number of carbonyl (C=O) groups excluding carboxylic acids is 1. The number of aliphatic hydroxyl groups excluding tert-OH is 1. The number of rotatable bonds is 7. The number of benzene rings is 1. The number of aromatic amines is 1. The van der Waals surface area contributed by atoms with Crippen LogP contribution in [-0.4, -0.2) is 33.6 Å². The van der Waals surface area contributed by atoms with Crippen molar-refractivity contribution in [2.24, 2.45) is 5.92 Å². The fourth-order valence-electron chi connectivity index (χ4n) is 5.68. The Morgan fingerprint density at radius 2 is 1.85 bits per heavy atom. The minimum Gasteiger partial charge on any atom is -0.448 e. The van der Waals surface area contributed by atoms with Crippen molar-refractivity contribution in [1.29, 1.82) is 0 Å². The highest BCUT2D eigenvalue weighted by molar-refractivity contribution is 5.68. The second-order valence-corrected chi connectivity index (χ2v) is 12.2. The first-order valence-corrected chi connectivity index (χ1v) is 14.0. The molecule has 2 unspecified atom stereocenters. The van der Waals surface area contributed by atoms with E-state index in [0.717, 1.165) is 48.1 Å². The van der Waals surface area contributed by atoms with Crippen LogP contribution in [0.4, 0.5) is 4.79 Å². The predicted molar refractivity (Wildman–Crippen MR) is 154 cm³/mol. The second kappa shape index (κ2) is 11.3. The van der Waals surface area contributed by atoms with E-state index in [-0.39, 0.29) is 24.1 Å². The summed E-state index contributed by atoms with van der Waals surface area (Å²) in [5, 5.41) is 17.2. The van der Waals surface area contributed by atoms with Crippen molar-refractivity contribution in [3.8, 4) is 11.5 Å². The third kappa shape index (κ3) is 6.36. The summed E-state index contributed by atoms with van der Waals surface area (Å²) in [5.74, 6) is 0.432. The van der Waals surface area contributed by atoms with E-state index < -0.39 is 23.7 Å². The molecule has 2 atom stereocenters. The first-order valence-electron chi connectivity index (χ1n) is 14.0. The number of carbonyl (C=O) groups is 1. The normalized spacial score (nSPS) is 23.0. The van der Waals surface area contributed by atoms with Gasteiger partial charge in [-0.3, -0.25) is 10.1 Å². The molecule has 0 bridgehead atoms. The van der Waals surface area contributed by atoms with Gasteiger partial charge in [-0.2, -0.15) is 0 Å². The Balaban J connectivity index is 1.46. The van der Waals surface area contributed by atoms with E-state index >= 15 is 0 Å². The number of H-pyrrole nitrogens is 1. The summed E-state index contributed by atoms with van der Waals surface area (Å²) in [4.78, 5) is 27.5. The zero-order chi connectivity index (χ0) is 29.4. The number of ether oxygens (including phenoxy) is 3. The summed E-state index contributed by atoms with van der Waals surface area (Å²) < 4.78 is 18.4. The molecule has 1 aliphatic heterocycles. The minimum atomic E-state index is -1.03. The minimum absolute atomic E-state index is 0.0428. The number of hydrogen-bond acceptors (Lipinski definition) is 7. The van der Waals surface area contributed by atoms with Gasteiger partial charge >= 0.3 is 6.09 Å². The maximum absolute atomic E-state index is 12.4. The number of hydrogen-bond donors (Lipinski definition) is 4. The number of alkyl carbamates (subject to hydrolysis) is 1. The van der Waals surface area contributed by atoms with Crippen LogP contribution < -0.4 is 25.7 Å². The van der Waals surface area contributed by atoms with Gasteiger partial charge < -0.3 is 29.6 Å². The fraction of sp³-hybridized carbons (Fsp3) is 0.548. The molecule has 1 amide bonds. The van der Waals surface area contributed by atoms with E-state index in [4.69, 9.17) is 14.2 Å². The van der Waals surface area contributed by atoms with E-state index in [2.05, 4.69) is 22.2 Å². The summed E-state index contributed by atoms with van der Waals surface area (Å²) in [5.41, 5.74) is 3.66. The van der Waals surface area contributed by atoms with Gasteiger partial charge in [-0.25, -0.2) is 4.79 Å². The topological polar surface area (TPSA) is 122 Å². The molecule has 2 aliphatic rings. The first kappa shape index (κ1) is 29.7. The number of aliphatic hydroxyl groups is 1. The first-order chi connectivity index (χ1) is 18.7. The molecule has 2 heterocycles. The molecule has 1 saturated carbocycles. The maximum atomic E-state index is 12.4. The molecule has 1 aromatic heterocycles. The molecule has 0 saturated heterocycles. The van der Waals surface area contributed by atoms with Crippen molar-refractivity contribution < 1.29 is 24.1 Å². The Bertz CT molecular complexity index is 1340. The molecule has 40 heavy (non-hydrogen) atoms. The van der Waals surface area contributed by atoms with Crippen molar-refractivity contribution in [1.82, 2.24) is 15.6 Å². The quantitative estimate of drug-likeness (QED) is 0.344. The number of pyridine rings is 1. The lowest BCUT2D eigenvalue weighted by molar-refractivity contribution is -0.121. The number of aromatic nitrogens is 1. The average molecular weight is 554 g/mol. The van der Waals surface area contributed by atoms with Gasteiger partial charge in [0.1, 0.15) is 11.8 Å². The van der Waals surface area contributed by atoms with Crippen molar-refractivity contribution in [2.75, 3.05) is 0 Å². The predicted octanol–water partition coefficient (Wildman–Crippen LogP) is 5.29. The van der Waals surface area contributed by atoms with Gasteiger partial charge in [0.05, 0.1) is 0 Å². The van der Waals surface area contributed by atoms with Crippen molar-refractivity contribution in [3.05, 3.63) is 62.6 Å². The number of nitrogens with one attached hydrogen (secondary N) is 3. The van der Waals surface area contributed by atoms with E-state index in [9.17, 15) is 14.7 Å². The van der Waals surface area contributed by atoms with Crippen LogP contribution in [-0.2, 0) is 11.3 Å². The molecule has 1 fully saturated rings.